The molecule has 0 radical (unpaired) electrons. The molecule has 0 N–H and O–H groups in total. The maximum atomic E-state index is 4.80. The van der Waals surface area contributed by atoms with Gasteiger partial charge < -0.3 is 0 Å². The Kier molecular flexibility index (Phi) is 3.56. The summed E-state index contributed by atoms with van der Waals surface area (Å²) < 4.78 is 4.45. The van der Waals surface area contributed by atoms with Crippen molar-refractivity contribution in [3.8, 4) is 22.5 Å². The molecule has 0 unspecified atom stereocenters. The minimum atomic E-state index is 0.864. The summed E-state index contributed by atoms with van der Waals surface area (Å²) >= 11 is 0. The number of fused-ring (bicyclic) bond motifs is 6. The van der Waals surface area contributed by atoms with Crippen LogP contribution < -0.4 is 0 Å². The van der Waals surface area contributed by atoms with E-state index in [-0.39, 0.29) is 0 Å². The van der Waals surface area contributed by atoms with Crippen molar-refractivity contribution in [2.75, 3.05) is 0 Å². The number of imidazole rings is 2. The predicted molar refractivity (Wildman–Crippen MR) is 122 cm³/mol. The normalized spacial score (nSPS) is 11.7. The lowest BCUT2D eigenvalue weighted by molar-refractivity contribution is 1.17. The molecule has 0 saturated heterocycles. The molecule has 0 bridgehead atoms. The van der Waals surface area contributed by atoms with Crippen LogP contribution in [-0.4, -0.2) is 18.8 Å². The van der Waals surface area contributed by atoms with Gasteiger partial charge in [0.05, 0.1) is 34.8 Å². The third-order valence-electron chi connectivity index (χ3n) is 5.78. The average molecular weight is 388 g/mol. The third-order valence-corrected chi connectivity index (χ3v) is 5.78. The Morgan fingerprint density at radius 3 is 1.33 bits per heavy atom. The van der Waals surface area contributed by atoms with Gasteiger partial charge in [-0.1, -0.05) is 71.8 Å². The van der Waals surface area contributed by atoms with Crippen molar-refractivity contribution in [1.82, 2.24) is 18.8 Å². The lowest BCUT2D eigenvalue weighted by atomic mass is 10.1. The highest BCUT2D eigenvalue weighted by atomic mass is 15.1. The Bertz CT molecular complexity index is 1420. The van der Waals surface area contributed by atoms with Crippen molar-refractivity contribution in [3.05, 3.63) is 96.3 Å². The van der Waals surface area contributed by atoms with Crippen molar-refractivity contribution in [2.45, 2.75) is 13.8 Å². The lowest BCUT2D eigenvalue weighted by Gasteiger charge is -2.11. The summed E-state index contributed by atoms with van der Waals surface area (Å²) in [7, 11) is 0. The van der Waals surface area contributed by atoms with E-state index in [0.29, 0.717) is 0 Å². The van der Waals surface area contributed by atoms with Crippen molar-refractivity contribution in [2.24, 2.45) is 0 Å². The summed E-state index contributed by atoms with van der Waals surface area (Å²) in [5.74, 6) is 0. The van der Waals surface area contributed by atoms with Gasteiger partial charge in [0, 0.05) is 11.1 Å². The average Bonchev–Trinajstić information content (AvgIpc) is 3.40. The molecule has 4 nitrogen and oxygen atoms in total. The van der Waals surface area contributed by atoms with E-state index in [1.54, 1.807) is 0 Å². The molecule has 0 aliphatic heterocycles. The fourth-order valence-electron chi connectivity index (χ4n) is 4.21. The molecule has 4 heteroatoms. The van der Waals surface area contributed by atoms with Crippen molar-refractivity contribution in [1.29, 1.82) is 0 Å². The monoisotopic (exact) mass is 388 g/mol. The highest BCUT2D eigenvalue weighted by Gasteiger charge is 2.18. The summed E-state index contributed by atoms with van der Waals surface area (Å²) in [5.41, 5.74) is 10.9. The summed E-state index contributed by atoms with van der Waals surface area (Å²) in [6.07, 6.45) is 3.90. The summed E-state index contributed by atoms with van der Waals surface area (Å²) in [6.45, 7) is 4.21. The fraction of sp³-hybridized carbons (Fsp3) is 0.0769. The number of rotatable bonds is 2. The van der Waals surface area contributed by atoms with Crippen LogP contribution in [0, 0.1) is 13.8 Å². The second kappa shape index (κ2) is 6.29. The number of hydrogen-bond donors (Lipinski definition) is 0. The van der Waals surface area contributed by atoms with E-state index >= 15 is 0 Å². The number of benzene rings is 3. The molecule has 3 aromatic heterocycles. The first-order valence-electron chi connectivity index (χ1n) is 10.1. The van der Waals surface area contributed by atoms with Crippen molar-refractivity contribution in [3.63, 3.8) is 0 Å². The second-order valence-corrected chi connectivity index (χ2v) is 7.83. The Hall–Kier alpha value is -3.92. The van der Waals surface area contributed by atoms with Crippen LogP contribution in [0.15, 0.2) is 85.2 Å². The molecule has 0 fully saturated rings. The number of nitrogens with zero attached hydrogens (tertiary/aromatic N) is 4. The minimum absolute atomic E-state index is 0.864. The number of aromatic nitrogens is 4. The zero-order chi connectivity index (χ0) is 20.2. The first kappa shape index (κ1) is 17.0. The number of para-hydroxylation sites is 2. The van der Waals surface area contributed by atoms with Gasteiger partial charge in [-0.25, -0.2) is 9.97 Å². The lowest BCUT2D eigenvalue weighted by Crippen LogP contribution is -2.00. The SMILES string of the molecule is Cc1ccc(-c2cnc3c4ncc(-c5ccc(C)cc5)n4c4ccccc4n23)cc1. The maximum Gasteiger partial charge on any atom is 0.182 e. The summed E-state index contributed by atoms with van der Waals surface area (Å²) in [6, 6.07) is 25.6. The molecule has 3 aromatic carbocycles. The zero-order valence-corrected chi connectivity index (χ0v) is 16.9. The van der Waals surface area contributed by atoms with Gasteiger partial charge in [-0.3, -0.25) is 8.80 Å². The van der Waals surface area contributed by atoms with E-state index in [4.69, 9.17) is 9.97 Å². The first-order valence-corrected chi connectivity index (χ1v) is 10.1. The van der Waals surface area contributed by atoms with Crippen LogP contribution in [0.25, 0.3) is 44.8 Å². The molecular weight excluding hydrogens is 368 g/mol. The second-order valence-electron chi connectivity index (χ2n) is 7.83. The van der Waals surface area contributed by atoms with Crippen LogP contribution in [0.5, 0.6) is 0 Å². The third kappa shape index (κ3) is 2.40. The molecule has 0 spiro atoms. The van der Waals surface area contributed by atoms with E-state index in [1.807, 2.05) is 12.4 Å². The topological polar surface area (TPSA) is 34.6 Å². The highest BCUT2D eigenvalue weighted by molar-refractivity contribution is 5.90. The number of aryl methyl sites for hydroxylation is 2. The van der Waals surface area contributed by atoms with E-state index in [1.165, 1.54) is 11.1 Å². The molecule has 30 heavy (non-hydrogen) atoms. The molecule has 3 heterocycles. The highest BCUT2D eigenvalue weighted by Crippen LogP contribution is 2.31. The Balaban J connectivity index is 1.73. The standard InChI is InChI=1S/C26H20N4/c1-17-7-11-19(12-8-17)23-15-27-25-26-28-16-24(20-13-9-18(2)10-14-20)30(26)22-6-4-3-5-21(22)29(23)25/h3-16H,1-2H3. The molecule has 0 aliphatic carbocycles. The van der Waals surface area contributed by atoms with Gasteiger partial charge in [0.2, 0.25) is 0 Å². The van der Waals surface area contributed by atoms with Crippen LogP contribution in [0.2, 0.25) is 0 Å². The first-order chi connectivity index (χ1) is 14.7. The van der Waals surface area contributed by atoms with E-state index in [0.717, 1.165) is 44.8 Å². The maximum absolute atomic E-state index is 4.80. The smallest absolute Gasteiger partial charge is 0.182 e. The van der Waals surface area contributed by atoms with Gasteiger partial charge in [-0.15, -0.1) is 0 Å². The van der Waals surface area contributed by atoms with Gasteiger partial charge in [0.1, 0.15) is 0 Å². The van der Waals surface area contributed by atoms with E-state index in [9.17, 15) is 0 Å². The van der Waals surface area contributed by atoms with Crippen molar-refractivity contribution < 1.29 is 0 Å². The van der Waals surface area contributed by atoms with Crippen LogP contribution in [-0.2, 0) is 0 Å². The molecule has 6 aromatic rings. The molecular formula is C26H20N4. The zero-order valence-electron chi connectivity index (χ0n) is 16.9. The van der Waals surface area contributed by atoms with Gasteiger partial charge in [0.15, 0.2) is 11.3 Å². The quantitative estimate of drug-likeness (QED) is 0.360. The van der Waals surface area contributed by atoms with Gasteiger partial charge in [-0.2, -0.15) is 0 Å². The molecule has 6 rings (SSSR count). The number of hydrogen-bond acceptors (Lipinski definition) is 2. The van der Waals surface area contributed by atoms with Gasteiger partial charge >= 0.3 is 0 Å². The summed E-state index contributed by atoms with van der Waals surface area (Å²) in [5, 5.41) is 0. The molecule has 144 valence electrons. The Morgan fingerprint density at radius 1 is 0.533 bits per heavy atom. The Labute approximate surface area is 174 Å². The summed E-state index contributed by atoms with van der Waals surface area (Å²) in [4.78, 5) is 9.59. The van der Waals surface area contributed by atoms with Crippen LogP contribution in [0.3, 0.4) is 0 Å². The molecule has 0 aliphatic rings. The minimum Gasteiger partial charge on any atom is -0.288 e. The predicted octanol–water partition coefficient (Wildman–Crippen LogP) is 6.09. The Morgan fingerprint density at radius 2 is 0.933 bits per heavy atom. The fourth-order valence-corrected chi connectivity index (χ4v) is 4.21. The van der Waals surface area contributed by atoms with Crippen LogP contribution >= 0.6 is 0 Å². The van der Waals surface area contributed by atoms with E-state index < -0.39 is 0 Å². The largest absolute Gasteiger partial charge is 0.288 e. The van der Waals surface area contributed by atoms with E-state index in [2.05, 4.69) is 95.4 Å². The van der Waals surface area contributed by atoms with Gasteiger partial charge in [-0.05, 0) is 26.0 Å². The van der Waals surface area contributed by atoms with Gasteiger partial charge in [0.25, 0.3) is 0 Å². The van der Waals surface area contributed by atoms with Crippen molar-refractivity contribution >= 4 is 22.3 Å². The van der Waals surface area contributed by atoms with Crippen LogP contribution in [0.4, 0.5) is 0 Å². The molecule has 0 amide bonds. The molecule has 0 saturated carbocycles. The molecule has 0 atom stereocenters. The van der Waals surface area contributed by atoms with Crippen LogP contribution in [0.1, 0.15) is 11.1 Å².